The molecule has 0 aliphatic heterocycles. The summed E-state index contributed by atoms with van der Waals surface area (Å²) in [7, 11) is 4.02. The van der Waals surface area contributed by atoms with Crippen LogP contribution in [0.4, 0.5) is 16.2 Å². The molecule has 3 N–H and O–H groups in total. The van der Waals surface area contributed by atoms with Gasteiger partial charge in [0.1, 0.15) is 11.6 Å². The van der Waals surface area contributed by atoms with Crippen LogP contribution in [0.1, 0.15) is 5.69 Å². The number of likely N-dealkylation sites (N-methyl/N-ethyl adjacent to an activating group) is 1. The predicted molar refractivity (Wildman–Crippen MR) is 125 cm³/mol. The largest absolute Gasteiger partial charge is 0.368 e. The van der Waals surface area contributed by atoms with Gasteiger partial charge < -0.3 is 10.2 Å². The van der Waals surface area contributed by atoms with E-state index in [0.717, 1.165) is 36.1 Å². The summed E-state index contributed by atoms with van der Waals surface area (Å²) in [6, 6.07) is 4.33. The number of halogens is 2. The molecule has 0 aliphatic carbocycles. The average molecular weight is 474 g/mol. The van der Waals surface area contributed by atoms with Gasteiger partial charge in [-0.1, -0.05) is 11.6 Å². The second kappa shape index (κ2) is 9.63. The van der Waals surface area contributed by atoms with Gasteiger partial charge in [-0.2, -0.15) is 5.10 Å². The van der Waals surface area contributed by atoms with Gasteiger partial charge in [0.2, 0.25) is 5.95 Å². The maximum Gasteiger partial charge on any atom is 0.233 e. The minimum atomic E-state index is -0.381. The molecular formula is C20H21ClFN9S. The third kappa shape index (κ3) is 5.06. The van der Waals surface area contributed by atoms with Crippen molar-refractivity contribution in [1.82, 2.24) is 35.0 Å². The first-order valence-electron chi connectivity index (χ1n) is 9.72. The van der Waals surface area contributed by atoms with Crippen LogP contribution < -0.4 is 10.0 Å². The lowest BCUT2D eigenvalue weighted by atomic mass is 10.2. The highest BCUT2D eigenvalue weighted by Crippen LogP contribution is 2.27. The zero-order valence-electron chi connectivity index (χ0n) is 17.6. The predicted octanol–water partition coefficient (Wildman–Crippen LogP) is 4.00. The van der Waals surface area contributed by atoms with Crippen molar-refractivity contribution in [2.24, 2.45) is 0 Å². The van der Waals surface area contributed by atoms with Crippen LogP contribution in [-0.2, 0) is 0 Å². The van der Waals surface area contributed by atoms with E-state index >= 15 is 0 Å². The van der Waals surface area contributed by atoms with Crippen molar-refractivity contribution in [3.05, 3.63) is 47.1 Å². The smallest absolute Gasteiger partial charge is 0.233 e. The Balaban J connectivity index is 1.54. The second-order valence-corrected chi connectivity index (χ2v) is 8.53. The zero-order chi connectivity index (χ0) is 22.7. The Hall–Kier alpha value is -3.02. The molecule has 12 heteroatoms. The van der Waals surface area contributed by atoms with Crippen LogP contribution >= 0.6 is 23.5 Å². The van der Waals surface area contributed by atoms with Crippen molar-refractivity contribution in [3.63, 3.8) is 0 Å². The topological polar surface area (TPSA) is 108 Å². The minimum Gasteiger partial charge on any atom is -0.368 e. The first-order valence-corrected chi connectivity index (χ1v) is 10.9. The molecule has 0 saturated carbocycles. The van der Waals surface area contributed by atoms with Gasteiger partial charge in [0.25, 0.3) is 0 Å². The standard InChI is InChI=1S/C20H21ClFN9S/c1-11-16-18(23-6-7-31(2)3)26-17(27-19(16)29-28-11)12-9-24-20(25-10-12)30-32-15-8-13(21)4-5-14(15)22/h4-5,8-10H,6-7H2,1-3H3,(H,24,25,30)(H2,23,26,27,28,29). The lowest BCUT2D eigenvalue weighted by molar-refractivity contribution is 0.425. The summed E-state index contributed by atoms with van der Waals surface area (Å²) in [4.78, 5) is 20.2. The molecule has 0 bridgehead atoms. The van der Waals surface area contributed by atoms with E-state index in [1.165, 1.54) is 18.2 Å². The average Bonchev–Trinajstić information content (AvgIpc) is 3.15. The fourth-order valence-corrected chi connectivity index (χ4v) is 3.77. The zero-order valence-corrected chi connectivity index (χ0v) is 19.2. The molecule has 0 aliphatic rings. The van der Waals surface area contributed by atoms with Gasteiger partial charge in [0, 0.05) is 36.2 Å². The number of anilines is 2. The Morgan fingerprint density at radius 1 is 1.19 bits per heavy atom. The summed E-state index contributed by atoms with van der Waals surface area (Å²) in [5.41, 5.74) is 2.08. The van der Waals surface area contributed by atoms with Crippen LogP contribution in [0.25, 0.3) is 22.4 Å². The number of H-pyrrole nitrogens is 1. The lowest BCUT2D eigenvalue weighted by Crippen LogP contribution is -2.21. The molecule has 0 atom stereocenters. The van der Waals surface area contributed by atoms with Crippen LogP contribution in [0.5, 0.6) is 0 Å². The van der Waals surface area contributed by atoms with E-state index in [-0.39, 0.29) is 5.82 Å². The van der Waals surface area contributed by atoms with E-state index in [9.17, 15) is 4.39 Å². The SMILES string of the molecule is Cc1[nH]nc2nc(-c3cnc(NSc4cc(Cl)ccc4F)nc3)nc(NCCN(C)C)c12. The van der Waals surface area contributed by atoms with Crippen molar-refractivity contribution in [2.45, 2.75) is 11.8 Å². The van der Waals surface area contributed by atoms with Crippen molar-refractivity contribution in [2.75, 3.05) is 37.2 Å². The fourth-order valence-electron chi connectivity index (χ4n) is 2.88. The minimum absolute atomic E-state index is 0.319. The highest BCUT2D eigenvalue weighted by molar-refractivity contribution is 8.00. The molecular weight excluding hydrogens is 453 g/mol. The van der Waals surface area contributed by atoms with E-state index in [2.05, 4.69) is 45.1 Å². The van der Waals surface area contributed by atoms with E-state index < -0.39 is 0 Å². The van der Waals surface area contributed by atoms with Crippen molar-refractivity contribution < 1.29 is 4.39 Å². The van der Waals surface area contributed by atoms with Gasteiger partial charge >= 0.3 is 0 Å². The summed E-state index contributed by atoms with van der Waals surface area (Å²) in [5.74, 6) is 1.09. The molecule has 9 nitrogen and oxygen atoms in total. The molecule has 0 fully saturated rings. The Bertz CT molecular complexity index is 1230. The molecule has 0 radical (unpaired) electrons. The van der Waals surface area contributed by atoms with Crippen LogP contribution in [0.3, 0.4) is 0 Å². The van der Waals surface area contributed by atoms with E-state index in [1.54, 1.807) is 12.4 Å². The van der Waals surface area contributed by atoms with Gasteiger partial charge in [-0.15, -0.1) is 0 Å². The number of fused-ring (bicyclic) bond motifs is 1. The molecule has 32 heavy (non-hydrogen) atoms. The molecule has 3 aromatic heterocycles. The van der Waals surface area contributed by atoms with Crippen LogP contribution in [0.2, 0.25) is 5.02 Å². The van der Waals surface area contributed by atoms with Crippen LogP contribution in [0, 0.1) is 12.7 Å². The number of aromatic nitrogens is 6. The van der Waals surface area contributed by atoms with Gasteiger partial charge in [0.05, 0.1) is 15.8 Å². The van der Waals surface area contributed by atoms with Crippen molar-refractivity contribution in [3.8, 4) is 11.4 Å². The molecule has 4 rings (SSSR count). The molecule has 0 unspecified atom stereocenters. The monoisotopic (exact) mass is 473 g/mol. The maximum atomic E-state index is 13.9. The number of aryl methyl sites for hydroxylation is 1. The number of hydrogen-bond donors (Lipinski definition) is 3. The molecule has 1 aromatic carbocycles. The summed E-state index contributed by atoms with van der Waals surface area (Å²) in [6.45, 7) is 3.51. The van der Waals surface area contributed by atoms with E-state index in [1.807, 2.05) is 21.0 Å². The number of nitrogens with one attached hydrogen (secondary N) is 3. The summed E-state index contributed by atoms with van der Waals surface area (Å²) >= 11 is 6.96. The van der Waals surface area contributed by atoms with Gasteiger partial charge in [-0.05, 0) is 51.2 Å². The first kappa shape index (κ1) is 22.2. The summed E-state index contributed by atoms with van der Waals surface area (Å²) in [6.07, 6.45) is 3.21. The number of rotatable bonds is 8. The first-order chi connectivity index (χ1) is 15.4. The van der Waals surface area contributed by atoms with E-state index in [4.69, 9.17) is 11.6 Å². The van der Waals surface area contributed by atoms with Gasteiger partial charge in [-0.3, -0.25) is 9.82 Å². The normalized spacial score (nSPS) is 11.3. The van der Waals surface area contributed by atoms with Gasteiger partial charge in [0.15, 0.2) is 11.5 Å². The van der Waals surface area contributed by atoms with Crippen molar-refractivity contribution in [1.29, 1.82) is 0 Å². The number of hydrogen-bond acceptors (Lipinski definition) is 9. The van der Waals surface area contributed by atoms with Crippen molar-refractivity contribution >= 4 is 46.3 Å². The Labute approximate surface area is 193 Å². The highest BCUT2D eigenvalue weighted by atomic mass is 35.5. The third-order valence-electron chi connectivity index (χ3n) is 4.50. The number of aromatic amines is 1. The molecule has 166 valence electrons. The maximum absolute atomic E-state index is 13.9. The third-order valence-corrected chi connectivity index (χ3v) is 5.55. The number of benzene rings is 1. The van der Waals surface area contributed by atoms with Crippen LogP contribution in [0.15, 0.2) is 35.5 Å². The molecule has 0 amide bonds. The van der Waals surface area contributed by atoms with Gasteiger partial charge in [-0.25, -0.2) is 24.3 Å². The Kier molecular flexibility index (Phi) is 6.68. The fraction of sp³-hybridized carbons (Fsp3) is 0.250. The summed E-state index contributed by atoms with van der Waals surface area (Å²) in [5, 5.41) is 11.9. The molecule has 3 heterocycles. The molecule has 0 spiro atoms. The Morgan fingerprint density at radius 3 is 2.72 bits per heavy atom. The highest BCUT2D eigenvalue weighted by Gasteiger charge is 2.15. The lowest BCUT2D eigenvalue weighted by Gasteiger charge is -2.12. The van der Waals surface area contributed by atoms with E-state index in [0.29, 0.717) is 38.7 Å². The van der Waals surface area contributed by atoms with Crippen LogP contribution in [-0.4, -0.2) is 62.2 Å². The molecule has 0 saturated heterocycles. The molecule has 4 aromatic rings. The Morgan fingerprint density at radius 2 is 1.97 bits per heavy atom. The second-order valence-electron chi connectivity index (χ2n) is 7.25. The summed E-state index contributed by atoms with van der Waals surface area (Å²) < 4.78 is 16.8. The number of nitrogens with zero attached hydrogens (tertiary/aromatic N) is 6. The quantitative estimate of drug-likeness (QED) is 0.327.